The van der Waals surface area contributed by atoms with Gasteiger partial charge in [0, 0.05) is 18.5 Å². The molecule has 1 saturated heterocycles. The molecule has 2 aromatic rings. The molecule has 2 heterocycles. The van der Waals surface area contributed by atoms with E-state index < -0.39 is 5.41 Å². The number of aromatic nitrogens is 2. The molecule has 130 valence electrons. The van der Waals surface area contributed by atoms with Gasteiger partial charge in [-0.1, -0.05) is 32.9 Å². The Morgan fingerprint density at radius 1 is 0.960 bits per heavy atom. The minimum atomic E-state index is -0.515. The third kappa shape index (κ3) is 1.57. The number of rotatable bonds is 1. The standard InChI is InChI=1S/C21H25N3O/c1-19(2)20(3)10-11-21(19,18(25)24-12-6-7-13-24)17-16(20)22-14-8-4-5-9-15(14)23-17/h4-5,8-9H,6-7,10-13H2,1-3H3/t20-,21-/m0/s1. The lowest BCUT2D eigenvalue weighted by molar-refractivity contribution is -0.140. The highest BCUT2D eigenvalue weighted by molar-refractivity contribution is 5.93. The van der Waals surface area contributed by atoms with Crippen molar-refractivity contribution in [2.45, 2.75) is 57.3 Å². The molecule has 2 bridgehead atoms. The van der Waals surface area contributed by atoms with Gasteiger partial charge < -0.3 is 4.90 Å². The molecule has 4 heteroatoms. The Hall–Kier alpha value is -1.97. The summed E-state index contributed by atoms with van der Waals surface area (Å²) in [5.74, 6) is 0.294. The fourth-order valence-corrected chi connectivity index (χ4v) is 5.71. The van der Waals surface area contributed by atoms with Crippen LogP contribution in [-0.4, -0.2) is 33.9 Å². The molecule has 2 atom stereocenters. The number of fused-ring (bicyclic) bond motifs is 6. The van der Waals surface area contributed by atoms with Gasteiger partial charge in [0.2, 0.25) is 5.91 Å². The second kappa shape index (κ2) is 4.60. The largest absolute Gasteiger partial charge is 0.342 e. The zero-order chi connectivity index (χ0) is 17.4. The Bertz CT molecular complexity index is 899. The van der Waals surface area contributed by atoms with Gasteiger partial charge in [-0.05, 0) is 43.2 Å². The van der Waals surface area contributed by atoms with Crippen LogP contribution >= 0.6 is 0 Å². The summed E-state index contributed by atoms with van der Waals surface area (Å²) in [5, 5.41) is 0. The lowest BCUT2D eigenvalue weighted by atomic mass is 9.63. The number of amides is 1. The maximum atomic E-state index is 13.7. The smallest absolute Gasteiger partial charge is 0.235 e. The predicted molar refractivity (Wildman–Crippen MR) is 97.4 cm³/mol. The van der Waals surface area contributed by atoms with E-state index in [0.29, 0.717) is 5.91 Å². The van der Waals surface area contributed by atoms with Crippen LogP contribution in [0.15, 0.2) is 24.3 Å². The van der Waals surface area contributed by atoms with E-state index in [1.807, 2.05) is 24.3 Å². The quantitative estimate of drug-likeness (QED) is 0.800. The highest BCUT2D eigenvalue weighted by Crippen LogP contribution is 2.70. The topological polar surface area (TPSA) is 46.1 Å². The first-order chi connectivity index (χ1) is 11.9. The van der Waals surface area contributed by atoms with E-state index >= 15 is 0 Å². The van der Waals surface area contributed by atoms with Crippen LogP contribution in [0.5, 0.6) is 0 Å². The van der Waals surface area contributed by atoms with E-state index in [1.165, 1.54) is 0 Å². The normalized spacial score (nSPS) is 32.4. The van der Waals surface area contributed by atoms with Crippen LogP contribution in [0.3, 0.4) is 0 Å². The van der Waals surface area contributed by atoms with Crippen LogP contribution in [0, 0.1) is 5.41 Å². The van der Waals surface area contributed by atoms with Crippen LogP contribution in [0.25, 0.3) is 11.0 Å². The molecule has 25 heavy (non-hydrogen) atoms. The fourth-order valence-electron chi connectivity index (χ4n) is 5.71. The van der Waals surface area contributed by atoms with Gasteiger partial charge in [0.1, 0.15) is 0 Å². The van der Waals surface area contributed by atoms with Crippen molar-refractivity contribution in [3.05, 3.63) is 35.7 Å². The van der Waals surface area contributed by atoms with Gasteiger partial charge in [0.05, 0.1) is 27.8 Å². The summed E-state index contributed by atoms with van der Waals surface area (Å²) in [4.78, 5) is 25.9. The SMILES string of the molecule is CC1(C)[C@@]2(C)CC[C@@]1(C(=O)N1CCCC1)c1nc3ccccc3nc12. The van der Waals surface area contributed by atoms with Crippen molar-refractivity contribution in [1.82, 2.24) is 14.9 Å². The number of benzene rings is 1. The molecule has 1 aromatic heterocycles. The monoisotopic (exact) mass is 335 g/mol. The maximum absolute atomic E-state index is 13.7. The van der Waals surface area contributed by atoms with Gasteiger partial charge in [0.15, 0.2) is 0 Å². The van der Waals surface area contributed by atoms with Crippen molar-refractivity contribution in [1.29, 1.82) is 0 Å². The average Bonchev–Trinajstić information content (AvgIpc) is 3.24. The average molecular weight is 335 g/mol. The summed E-state index contributed by atoms with van der Waals surface area (Å²) < 4.78 is 0. The van der Waals surface area contributed by atoms with Crippen LogP contribution in [0.2, 0.25) is 0 Å². The van der Waals surface area contributed by atoms with Crippen LogP contribution in [-0.2, 0) is 15.6 Å². The summed E-state index contributed by atoms with van der Waals surface area (Å²) in [6, 6.07) is 8.05. The molecule has 0 N–H and O–H groups in total. The molecule has 3 aliphatic rings. The van der Waals surface area contributed by atoms with Gasteiger partial charge in [-0.3, -0.25) is 4.79 Å². The van der Waals surface area contributed by atoms with Crippen LogP contribution in [0.1, 0.15) is 57.8 Å². The minimum absolute atomic E-state index is 0.0885. The van der Waals surface area contributed by atoms with Crippen molar-refractivity contribution in [2.75, 3.05) is 13.1 Å². The first-order valence-corrected chi connectivity index (χ1v) is 9.49. The summed E-state index contributed by atoms with van der Waals surface area (Å²) in [7, 11) is 0. The van der Waals surface area contributed by atoms with Crippen molar-refractivity contribution in [3.8, 4) is 0 Å². The van der Waals surface area contributed by atoms with Gasteiger partial charge in [-0.25, -0.2) is 9.97 Å². The van der Waals surface area contributed by atoms with Gasteiger partial charge in [-0.2, -0.15) is 0 Å². The number of nitrogens with zero attached hydrogens (tertiary/aromatic N) is 3. The molecule has 1 saturated carbocycles. The first kappa shape index (κ1) is 15.3. The summed E-state index contributed by atoms with van der Waals surface area (Å²) in [5.41, 5.74) is 3.10. The molecular weight excluding hydrogens is 310 g/mol. The van der Waals surface area contributed by atoms with Gasteiger partial charge in [0.25, 0.3) is 0 Å². The third-order valence-corrected chi connectivity index (χ3v) is 7.70. The number of hydrogen-bond acceptors (Lipinski definition) is 3. The van der Waals surface area contributed by atoms with Crippen molar-refractivity contribution >= 4 is 16.9 Å². The zero-order valence-electron chi connectivity index (χ0n) is 15.3. The van der Waals surface area contributed by atoms with Crippen molar-refractivity contribution < 1.29 is 4.79 Å². The molecule has 1 amide bonds. The van der Waals surface area contributed by atoms with E-state index in [-0.39, 0.29) is 10.8 Å². The van der Waals surface area contributed by atoms with E-state index in [1.54, 1.807) is 0 Å². The Balaban J connectivity index is 1.79. The molecule has 0 spiro atoms. The number of para-hydroxylation sites is 2. The van der Waals surface area contributed by atoms with E-state index in [4.69, 9.17) is 9.97 Å². The van der Waals surface area contributed by atoms with Gasteiger partial charge in [-0.15, -0.1) is 0 Å². The third-order valence-electron chi connectivity index (χ3n) is 7.70. The number of carbonyl (C=O) groups is 1. The Morgan fingerprint density at radius 2 is 1.56 bits per heavy atom. The minimum Gasteiger partial charge on any atom is -0.342 e. The summed E-state index contributed by atoms with van der Waals surface area (Å²) in [6.45, 7) is 8.61. The lowest BCUT2D eigenvalue weighted by Crippen LogP contribution is -2.52. The van der Waals surface area contributed by atoms with E-state index in [2.05, 4.69) is 25.7 Å². The molecule has 2 fully saturated rings. The Morgan fingerprint density at radius 3 is 2.20 bits per heavy atom. The van der Waals surface area contributed by atoms with Crippen LogP contribution in [0.4, 0.5) is 0 Å². The molecule has 0 radical (unpaired) electrons. The highest BCUT2D eigenvalue weighted by atomic mass is 16.2. The highest BCUT2D eigenvalue weighted by Gasteiger charge is 2.73. The van der Waals surface area contributed by atoms with Crippen molar-refractivity contribution in [3.63, 3.8) is 0 Å². The zero-order valence-corrected chi connectivity index (χ0v) is 15.3. The molecule has 1 aromatic carbocycles. The van der Waals surface area contributed by atoms with E-state index in [9.17, 15) is 4.79 Å². The van der Waals surface area contributed by atoms with Crippen molar-refractivity contribution in [2.24, 2.45) is 5.41 Å². The van der Waals surface area contributed by atoms with E-state index in [0.717, 1.165) is 61.2 Å². The molecule has 0 unspecified atom stereocenters. The first-order valence-electron chi connectivity index (χ1n) is 9.49. The Labute approximate surface area is 148 Å². The van der Waals surface area contributed by atoms with Gasteiger partial charge >= 0.3 is 0 Å². The second-order valence-corrected chi connectivity index (χ2v) is 8.77. The number of likely N-dealkylation sites (tertiary alicyclic amines) is 1. The lowest BCUT2D eigenvalue weighted by Gasteiger charge is -2.41. The summed E-state index contributed by atoms with van der Waals surface area (Å²) in [6.07, 6.45) is 4.15. The predicted octanol–water partition coefficient (Wildman–Crippen LogP) is 3.58. The van der Waals surface area contributed by atoms with Crippen LogP contribution < -0.4 is 0 Å². The molecule has 1 aliphatic heterocycles. The number of hydrogen-bond donors (Lipinski definition) is 0. The molecule has 5 rings (SSSR count). The summed E-state index contributed by atoms with van der Waals surface area (Å²) >= 11 is 0. The molecular formula is C21H25N3O. The maximum Gasteiger partial charge on any atom is 0.235 e. The molecule has 4 nitrogen and oxygen atoms in total. The Kier molecular flexibility index (Phi) is 2.81. The second-order valence-electron chi connectivity index (χ2n) is 8.77. The fraction of sp³-hybridized carbons (Fsp3) is 0.571. The number of carbonyl (C=O) groups excluding carboxylic acids is 1. The molecule has 2 aliphatic carbocycles.